The van der Waals surface area contributed by atoms with Crippen molar-refractivity contribution in [3.63, 3.8) is 0 Å². The first-order valence-corrected chi connectivity index (χ1v) is 8.58. The van der Waals surface area contributed by atoms with Crippen LogP contribution in [0.4, 0.5) is 0 Å². The molecular formula is C21H22O4. The third-order valence-electron chi connectivity index (χ3n) is 4.03. The summed E-state index contributed by atoms with van der Waals surface area (Å²) in [7, 11) is 0. The number of ether oxygens (including phenoxy) is 3. The minimum Gasteiger partial charge on any atom is -0.493 e. The molecule has 4 heteroatoms. The maximum absolute atomic E-state index is 12.4. The van der Waals surface area contributed by atoms with Crippen LogP contribution in [-0.4, -0.2) is 19.2 Å². The Kier molecular flexibility index (Phi) is 5.39. The quantitative estimate of drug-likeness (QED) is 0.750. The van der Waals surface area contributed by atoms with Crippen molar-refractivity contribution in [3.8, 4) is 11.5 Å². The van der Waals surface area contributed by atoms with Crippen LogP contribution in [0, 0.1) is 0 Å². The van der Waals surface area contributed by atoms with Crippen LogP contribution >= 0.6 is 0 Å². The van der Waals surface area contributed by atoms with Crippen molar-refractivity contribution in [2.24, 2.45) is 0 Å². The van der Waals surface area contributed by atoms with Crippen LogP contribution in [0.15, 0.2) is 54.1 Å². The predicted molar refractivity (Wildman–Crippen MR) is 96.6 cm³/mol. The number of para-hydroxylation sites is 2. The summed E-state index contributed by atoms with van der Waals surface area (Å²) in [5.41, 5.74) is 2.40. The largest absolute Gasteiger partial charge is 0.493 e. The van der Waals surface area contributed by atoms with Crippen molar-refractivity contribution in [2.45, 2.75) is 26.4 Å². The van der Waals surface area contributed by atoms with E-state index in [-0.39, 0.29) is 12.1 Å². The van der Waals surface area contributed by atoms with E-state index in [1.165, 1.54) is 0 Å². The van der Waals surface area contributed by atoms with Crippen LogP contribution in [0.3, 0.4) is 0 Å². The first kappa shape index (κ1) is 17.1. The molecule has 0 bridgehead atoms. The molecule has 1 atom stereocenters. The molecule has 0 aromatic heterocycles. The lowest BCUT2D eigenvalue weighted by atomic mass is 10.00. The number of hydrogen-bond donors (Lipinski definition) is 0. The Labute approximate surface area is 148 Å². The van der Waals surface area contributed by atoms with E-state index in [4.69, 9.17) is 14.2 Å². The standard InChI is InChI=1S/C21H22O4/c1-3-23-19-12-8-6-10-17(19)20-14-16(21(22)24-4-2)13-15-9-5-7-11-18(15)25-20/h5-13,20H,3-4,14H2,1-2H3. The molecule has 2 aromatic rings. The normalized spacial score (nSPS) is 16.1. The summed E-state index contributed by atoms with van der Waals surface area (Å²) in [6.07, 6.45) is 1.97. The van der Waals surface area contributed by atoms with E-state index < -0.39 is 0 Å². The van der Waals surface area contributed by atoms with Crippen LogP contribution in [0.2, 0.25) is 0 Å². The van der Waals surface area contributed by atoms with Gasteiger partial charge in [-0.15, -0.1) is 0 Å². The fourth-order valence-corrected chi connectivity index (χ4v) is 2.92. The van der Waals surface area contributed by atoms with Gasteiger partial charge in [-0.1, -0.05) is 36.4 Å². The van der Waals surface area contributed by atoms with Crippen LogP contribution < -0.4 is 9.47 Å². The van der Waals surface area contributed by atoms with Crippen molar-refractivity contribution in [1.29, 1.82) is 0 Å². The zero-order valence-corrected chi connectivity index (χ0v) is 14.5. The average Bonchev–Trinajstić information content (AvgIpc) is 2.82. The summed E-state index contributed by atoms with van der Waals surface area (Å²) in [5.74, 6) is 1.22. The second-order valence-electron chi connectivity index (χ2n) is 5.71. The van der Waals surface area contributed by atoms with Gasteiger partial charge in [0.25, 0.3) is 0 Å². The van der Waals surface area contributed by atoms with Gasteiger partial charge in [0, 0.05) is 23.1 Å². The van der Waals surface area contributed by atoms with Gasteiger partial charge in [0.1, 0.15) is 17.6 Å². The molecule has 1 aliphatic heterocycles. The van der Waals surface area contributed by atoms with Crippen LogP contribution in [-0.2, 0) is 9.53 Å². The highest BCUT2D eigenvalue weighted by molar-refractivity contribution is 5.94. The molecule has 1 heterocycles. The van der Waals surface area contributed by atoms with Gasteiger partial charge >= 0.3 is 5.97 Å². The van der Waals surface area contributed by atoms with Crippen LogP contribution in [0.25, 0.3) is 6.08 Å². The first-order valence-electron chi connectivity index (χ1n) is 8.58. The molecule has 3 rings (SSSR count). The topological polar surface area (TPSA) is 44.8 Å². The van der Waals surface area contributed by atoms with E-state index in [2.05, 4.69) is 0 Å². The number of rotatable bonds is 5. The zero-order chi connectivity index (χ0) is 17.6. The summed E-state index contributed by atoms with van der Waals surface area (Å²) < 4.78 is 17.2. The predicted octanol–water partition coefficient (Wildman–Crippen LogP) is 4.56. The molecule has 4 nitrogen and oxygen atoms in total. The van der Waals surface area contributed by atoms with E-state index in [0.29, 0.717) is 25.2 Å². The molecule has 25 heavy (non-hydrogen) atoms. The molecule has 0 fully saturated rings. The van der Waals surface area contributed by atoms with Crippen molar-refractivity contribution in [1.82, 2.24) is 0 Å². The van der Waals surface area contributed by atoms with Crippen molar-refractivity contribution >= 4 is 12.0 Å². The van der Waals surface area contributed by atoms with Crippen LogP contribution in [0.5, 0.6) is 11.5 Å². The van der Waals surface area contributed by atoms with Gasteiger partial charge < -0.3 is 14.2 Å². The fourth-order valence-electron chi connectivity index (χ4n) is 2.92. The number of fused-ring (bicyclic) bond motifs is 1. The summed E-state index contributed by atoms with van der Waals surface area (Å²) in [6.45, 7) is 4.67. The lowest BCUT2D eigenvalue weighted by Crippen LogP contribution is -2.14. The number of hydrogen-bond acceptors (Lipinski definition) is 4. The van der Waals surface area contributed by atoms with Crippen molar-refractivity contribution < 1.29 is 19.0 Å². The third kappa shape index (κ3) is 3.85. The van der Waals surface area contributed by atoms with E-state index in [1.54, 1.807) is 0 Å². The number of carbonyl (C=O) groups excluding carboxylic acids is 1. The summed E-state index contributed by atoms with van der Waals surface area (Å²) >= 11 is 0. The molecule has 0 saturated heterocycles. The van der Waals surface area contributed by atoms with Gasteiger partial charge in [0.05, 0.1) is 13.2 Å². The Morgan fingerprint density at radius 2 is 1.84 bits per heavy atom. The first-order chi connectivity index (χ1) is 12.2. The molecular weight excluding hydrogens is 316 g/mol. The minimum absolute atomic E-state index is 0.304. The highest BCUT2D eigenvalue weighted by Gasteiger charge is 2.26. The van der Waals surface area contributed by atoms with E-state index in [9.17, 15) is 4.79 Å². The average molecular weight is 338 g/mol. The van der Waals surface area contributed by atoms with Crippen LogP contribution in [0.1, 0.15) is 37.5 Å². The maximum Gasteiger partial charge on any atom is 0.334 e. The van der Waals surface area contributed by atoms with Gasteiger partial charge in [-0.2, -0.15) is 0 Å². The Hall–Kier alpha value is -2.75. The Morgan fingerprint density at radius 3 is 2.64 bits per heavy atom. The number of benzene rings is 2. The molecule has 0 saturated carbocycles. The maximum atomic E-state index is 12.4. The molecule has 130 valence electrons. The fraction of sp³-hybridized carbons (Fsp3) is 0.286. The zero-order valence-electron chi connectivity index (χ0n) is 14.5. The highest BCUT2D eigenvalue weighted by atomic mass is 16.5. The number of carbonyl (C=O) groups is 1. The van der Waals surface area contributed by atoms with Gasteiger partial charge in [-0.05, 0) is 32.1 Å². The molecule has 1 aliphatic rings. The lowest BCUT2D eigenvalue weighted by Gasteiger charge is -2.21. The van der Waals surface area contributed by atoms with Gasteiger partial charge in [0.2, 0.25) is 0 Å². The lowest BCUT2D eigenvalue weighted by molar-refractivity contribution is -0.138. The minimum atomic E-state index is -0.318. The van der Waals surface area contributed by atoms with Gasteiger partial charge in [-0.25, -0.2) is 4.79 Å². The Bertz CT molecular complexity index is 779. The third-order valence-corrected chi connectivity index (χ3v) is 4.03. The summed E-state index contributed by atoms with van der Waals surface area (Å²) in [5, 5.41) is 0. The van der Waals surface area contributed by atoms with Crippen molar-refractivity contribution in [3.05, 3.63) is 65.2 Å². The molecule has 0 spiro atoms. The SMILES string of the molecule is CCOC(=O)C1=Cc2ccccc2OC(c2ccccc2OCC)C1. The summed E-state index contributed by atoms with van der Waals surface area (Å²) in [4.78, 5) is 12.4. The molecule has 0 amide bonds. The monoisotopic (exact) mass is 338 g/mol. The second kappa shape index (κ2) is 7.88. The van der Waals surface area contributed by atoms with Gasteiger partial charge in [-0.3, -0.25) is 0 Å². The van der Waals surface area contributed by atoms with E-state index >= 15 is 0 Å². The summed E-state index contributed by atoms with van der Waals surface area (Å²) in [6, 6.07) is 15.5. The Morgan fingerprint density at radius 1 is 1.08 bits per heavy atom. The second-order valence-corrected chi connectivity index (χ2v) is 5.71. The molecule has 0 aliphatic carbocycles. The molecule has 2 aromatic carbocycles. The van der Waals surface area contributed by atoms with Crippen molar-refractivity contribution in [2.75, 3.05) is 13.2 Å². The number of esters is 1. The van der Waals surface area contributed by atoms with E-state index in [0.717, 1.165) is 22.6 Å². The van der Waals surface area contributed by atoms with Gasteiger partial charge in [0.15, 0.2) is 0 Å². The molecule has 1 unspecified atom stereocenters. The molecule has 0 radical (unpaired) electrons. The Balaban J connectivity index is 2.02. The highest BCUT2D eigenvalue weighted by Crippen LogP contribution is 2.38. The molecule has 0 N–H and O–H groups in total. The smallest absolute Gasteiger partial charge is 0.334 e. The van der Waals surface area contributed by atoms with E-state index in [1.807, 2.05) is 68.5 Å².